The number of hydrogen-bond acceptors (Lipinski definition) is 2. The summed E-state index contributed by atoms with van der Waals surface area (Å²) in [5.74, 6) is 0.935. The summed E-state index contributed by atoms with van der Waals surface area (Å²) in [5, 5.41) is 3.61. The van der Waals surface area contributed by atoms with E-state index in [9.17, 15) is 0 Å². The lowest BCUT2D eigenvalue weighted by Crippen LogP contribution is -2.31. The van der Waals surface area contributed by atoms with E-state index in [1.54, 1.807) is 0 Å². The zero-order valence-electron chi connectivity index (χ0n) is 9.13. The molecular formula is C12H19N3. The highest BCUT2D eigenvalue weighted by Gasteiger charge is 2.26. The lowest BCUT2D eigenvalue weighted by atomic mass is 9.93. The van der Waals surface area contributed by atoms with Gasteiger partial charge in [0.1, 0.15) is 0 Å². The van der Waals surface area contributed by atoms with Gasteiger partial charge in [0.2, 0.25) is 0 Å². The first-order valence-corrected chi connectivity index (χ1v) is 6.19. The van der Waals surface area contributed by atoms with Gasteiger partial charge in [-0.25, -0.2) is 4.98 Å². The Morgan fingerprint density at radius 3 is 3.07 bits per heavy atom. The smallest absolute Gasteiger partial charge is 0.0925 e. The lowest BCUT2D eigenvalue weighted by molar-refractivity contribution is 0.377. The number of H-pyrrole nitrogens is 1. The highest BCUT2D eigenvalue weighted by molar-refractivity contribution is 5.19. The number of imidazole rings is 1. The summed E-state index contributed by atoms with van der Waals surface area (Å²) in [7, 11) is 0. The van der Waals surface area contributed by atoms with Crippen molar-refractivity contribution >= 4 is 0 Å². The predicted octanol–water partition coefficient (Wildman–Crippen LogP) is 2.18. The van der Waals surface area contributed by atoms with Gasteiger partial charge in [-0.1, -0.05) is 25.7 Å². The molecule has 0 saturated heterocycles. The average Bonchev–Trinajstić information content (AvgIpc) is 2.87. The van der Waals surface area contributed by atoms with Crippen LogP contribution in [-0.4, -0.2) is 16.5 Å². The Balaban J connectivity index is 1.72. The Hall–Kier alpha value is -0.830. The van der Waals surface area contributed by atoms with Crippen LogP contribution < -0.4 is 5.32 Å². The van der Waals surface area contributed by atoms with E-state index in [0.29, 0.717) is 6.04 Å². The molecule has 15 heavy (non-hydrogen) atoms. The number of hydrogen-bond donors (Lipinski definition) is 2. The average molecular weight is 205 g/mol. The molecule has 0 amide bonds. The zero-order valence-corrected chi connectivity index (χ0v) is 9.13. The van der Waals surface area contributed by atoms with Crippen LogP contribution in [0.5, 0.6) is 0 Å². The molecule has 0 bridgehead atoms. The predicted molar refractivity (Wildman–Crippen MR) is 59.6 cm³/mol. The number of aromatic amines is 1. The molecule has 1 unspecified atom stereocenters. The van der Waals surface area contributed by atoms with Crippen LogP contribution in [-0.2, 0) is 6.42 Å². The summed E-state index contributed by atoms with van der Waals surface area (Å²) in [6.07, 6.45) is 9.97. The van der Waals surface area contributed by atoms with Crippen LogP contribution in [0.15, 0.2) is 6.33 Å². The van der Waals surface area contributed by atoms with Crippen LogP contribution in [0.1, 0.15) is 49.5 Å². The van der Waals surface area contributed by atoms with Gasteiger partial charge in [0.05, 0.1) is 18.1 Å². The van der Waals surface area contributed by atoms with Crippen LogP contribution >= 0.6 is 0 Å². The van der Waals surface area contributed by atoms with Crippen molar-refractivity contribution in [2.75, 3.05) is 6.54 Å². The fourth-order valence-electron chi connectivity index (χ4n) is 3.07. The summed E-state index contributed by atoms with van der Waals surface area (Å²) >= 11 is 0. The maximum atomic E-state index is 4.46. The van der Waals surface area contributed by atoms with Crippen LogP contribution in [0.4, 0.5) is 0 Å². The maximum Gasteiger partial charge on any atom is 0.0925 e. The number of nitrogens with one attached hydrogen (secondary N) is 2. The normalized spacial score (nSPS) is 26.8. The molecular weight excluding hydrogens is 186 g/mol. The Kier molecular flexibility index (Phi) is 2.49. The molecule has 0 aromatic carbocycles. The second kappa shape index (κ2) is 3.97. The van der Waals surface area contributed by atoms with E-state index in [2.05, 4.69) is 15.3 Å². The first kappa shape index (κ1) is 9.40. The van der Waals surface area contributed by atoms with Crippen molar-refractivity contribution < 1.29 is 0 Å². The SMILES string of the molecule is c1nc2c([nH]1)CCNC2CC1CCCC1. The van der Waals surface area contributed by atoms with E-state index in [4.69, 9.17) is 0 Å². The Labute approximate surface area is 90.7 Å². The maximum absolute atomic E-state index is 4.46. The molecule has 1 aliphatic carbocycles. The van der Waals surface area contributed by atoms with Gasteiger partial charge >= 0.3 is 0 Å². The van der Waals surface area contributed by atoms with Crippen molar-refractivity contribution in [3.8, 4) is 0 Å². The number of rotatable bonds is 2. The topological polar surface area (TPSA) is 40.7 Å². The highest BCUT2D eigenvalue weighted by atomic mass is 15.0. The standard InChI is InChI=1S/C12H19N3/c1-2-4-9(3-1)7-11-12-10(5-6-13-11)14-8-15-12/h8-9,11,13H,1-7H2,(H,14,15). The third-order valence-electron chi connectivity index (χ3n) is 3.89. The third kappa shape index (κ3) is 1.81. The third-order valence-corrected chi connectivity index (χ3v) is 3.89. The van der Waals surface area contributed by atoms with Gasteiger partial charge in [0.25, 0.3) is 0 Å². The number of fused-ring (bicyclic) bond motifs is 1. The molecule has 0 radical (unpaired) electrons. The van der Waals surface area contributed by atoms with Gasteiger partial charge in [-0.2, -0.15) is 0 Å². The second-order valence-corrected chi connectivity index (χ2v) is 4.91. The second-order valence-electron chi connectivity index (χ2n) is 4.91. The van der Waals surface area contributed by atoms with Crippen LogP contribution in [0, 0.1) is 5.92 Å². The summed E-state index contributed by atoms with van der Waals surface area (Å²) in [5.41, 5.74) is 2.64. The van der Waals surface area contributed by atoms with Crippen LogP contribution in [0.3, 0.4) is 0 Å². The lowest BCUT2D eigenvalue weighted by Gasteiger charge is -2.25. The van der Waals surface area contributed by atoms with E-state index >= 15 is 0 Å². The minimum Gasteiger partial charge on any atom is -0.348 e. The van der Waals surface area contributed by atoms with E-state index in [0.717, 1.165) is 18.9 Å². The molecule has 2 N–H and O–H groups in total. The van der Waals surface area contributed by atoms with E-state index < -0.39 is 0 Å². The molecule has 2 heterocycles. The van der Waals surface area contributed by atoms with Crippen molar-refractivity contribution in [2.45, 2.75) is 44.6 Å². The Bertz CT molecular complexity index is 325. The molecule has 0 spiro atoms. The Morgan fingerprint density at radius 2 is 2.20 bits per heavy atom. The quantitative estimate of drug-likeness (QED) is 0.777. The fourth-order valence-corrected chi connectivity index (χ4v) is 3.07. The van der Waals surface area contributed by atoms with Crippen molar-refractivity contribution in [2.24, 2.45) is 5.92 Å². The van der Waals surface area contributed by atoms with Crippen molar-refractivity contribution in [3.63, 3.8) is 0 Å². The van der Waals surface area contributed by atoms with Crippen molar-refractivity contribution in [1.29, 1.82) is 0 Å². The molecule has 3 heteroatoms. The van der Waals surface area contributed by atoms with E-state index in [1.807, 2.05) is 6.33 Å². The molecule has 3 rings (SSSR count). The van der Waals surface area contributed by atoms with Crippen LogP contribution in [0.25, 0.3) is 0 Å². The summed E-state index contributed by atoms with van der Waals surface area (Å²) in [4.78, 5) is 7.72. The highest BCUT2D eigenvalue weighted by Crippen LogP contribution is 2.34. The fraction of sp³-hybridized carbons (Fsp3) is 0.750. The minimum absolute atomic E-state index is 0.517. The molecule has 2 aliphatic rings. The molecule has 1 atom stereocenters. The van der Waals surface area contributed by atoms with Gasteiger partial charge < -0.3 is 10.3 Å². The van der Waals surface area contributed by atoms with Crippen LogP contribution in [0.2, 0.25) is 0 Å². The first-order valence-electron chi connectivity index (χ1n) is 6.19. The minimum atomic E-state index is 0.517. The van der Waals surface area contributed by atoms with E-state index in [-0.39, 0.29) is 0 Å². The zero-order chi connectivity index (χ0) is 10.1. The summed E-state index contributed by atoms with van der Waals surface area (Å²) in [6, 6.07) is 0.517. The monoisotopic (exact) mass is 205 g/mol. The van der Waals surface area contributed by atoms with Gasteiger partial charge in [0.15, 0.2) is 0 Å². The van der Waals surface area contributed by atoms with Crippen molar-refractivity contribution in [1.82, 2.24) is 15.3 Å². The summed E-state index contributed by atoms with van der Waals surface area (Å²) < 4.78 is 0. The first-order chi connectivity index (χ1) is 7.43. The molecule has 1 aliphatic heterocycles. The van der Waals surface area contributed by atoms with Gasteiger partial charge in [-0.05, 0) is 12.3 Å². The van der Waals surface area contributed by atoms with Gasteiger partial charge in [-0.3, -0.25) is 0 Å². The number of aromatic nitrogens is 2. The van der Waals surface area contributed by atoms with Gasteiger partial charge in [0, 0.05) is 18.7 Å². The molecule has 82 valence electrons. The summed E-state index contributed by atoms with van der Waals surface area (Å²) in [6.45, 7) is 1.10. The van der Waals surface area contributed by atoms with Crippen molar-refractivity contribution in [3.05, 3.63) is 17.7 Å². The molecule has 1 aromatic rings. The van der Waals surface area contributed by atoms with E-state index in [1.165, 1.54) is 43.5 Å². The largest absolute Gasteiger partial charge is 0.348 e. The Morgan fingerprint density at radius 1 is 1.33 bits per heavy atom. The molecule has 1 saturated carbocycles. The number of nitrogens with zero attached hydrogens (tertiary/aromatic N) is 1. The molecule has 1 aromatic heterocycles. The molecule has 3 nitrogen and oxygen atoms in total. The van der Waals surface area contributed by atoms with Gasteiger partial charge in [-0.15, -0.1) is 0 Å². The molecule has 1 fully saturated rings.